The summed E-state index contributed by atoms with van der Waals surface area (Å²) >= 11 is 5.98. The van der Waals surface area contributed by atoms with E-state index in [2.05, 4.69) is 5.32 Å². The van der Waals surface area contributed by atoms with Crippen molar-refractivity contribution in [1.29, 1.82) is 0 Å². The first-order valence-electron chi connectivity index (χ1n) is 5.44. The topological polar surface area (TPSA) is 61.7 Å². The van der Waals surface area contributed by atoms with Crippen LogP contribution in [0.1, 0.15) is 12.0 Å². The van der Waals surface area contributed by atoms with Gasteiger partial charge in [-0.05, 0) is 31.0 Å². The van der Waals surface area contributed by atoms with Gasteiger partial charge in [0, 0.05) is 11.6 Å². The summed E-state index contributed by atoms with van der Waals surface area (Å²) in [4.78, 5) is 0. The minimum atomic E-state index is -0.216. The van der Waals surface area contributed by atoms with E-state index in [-0.39, 0.29) is 19.3 Å². The molecule has 0 saturated carbocycles. The molecule has 1 aromatic carbocycles. The molecule has 1 atom stereocenters. The minimum Gasteiger partial charge on any atom is -0.494 e. The molecule has 0 saturated heterocycles. The van der Waals surface area contributed by atoms with Crippen molar-refractivity contribution < 1.29 is 14.9 Å². The summed E-state index contributed by atoms with van der Waals surface area (Å²) in [6, 6.07) is 3.34. The van der Waals surface area contributed by atoms with Crippen LogP contribution in [0.25, 0.3) is 0 Å². The number of rotatable bonds is 6. The molecule has 0 amide bonds. The quantitative estimate of drug-likeness (QED) is 0.729. The fourth-order valence-electron chi connectivity index (χ4n) is 1.69. The molecule has 0 aliphatic heterocycles. The van der Waals surface area contributed by atoms with Gasteiger partial charge < -0.3 is 20.3 Å². The van der Waals surface area contributed by atoms with Gasteiger partial charge in [0.2, 0.25) is 0 Å². The second-order valence-electron chi connectivity index (χ2n) is 3.84. The van der Waals surface area contributed by atoms with Gasteiger partial charge in [0.15, 0.2) is 0 Å². The molecule has 1 rings (SSSR count). The van der Waals surface area contributed by atoms with Gasteiger partial charge >= 0.3 is 0 Å². The molecular formula is C12H18ClNO3. The molecule has 0 fully saturated rings. The van der Waals surface area contributed by atoms with Crippen molar-refractivity contribution in [2.24, 2.45) is 0 Å². The van der Waals surface area contributed by atoms with Gasteiger partial charge in [-0.3, -0.25) is 0 Å². The lowest BCUT2D eigenvalue weighted by Gasteiger charge is -2.20. The fraction of sp³-hybridized carbons (Fsp3) is 0.500. The number of hydrogen-bond donors (Lipinski definition) is 3. The van der Waals surface area contributed by atoms with Crippen molar-refractivity contribution in [3.63, 3.8) is 0 Å². The molecule has 0 bridgehead atoms. The maximum Gasteiger partial charge on any atom is 0.144 e. The highest BCUT2D eigenvalue weighted by Gasteiger charge is 2.12. The van der Waals surface area contributed by atoms with Crippen LogP contribution in [0, 0.1) is 6.92 Å². The highest BCUT2D eigenvalue weighted by molar-refractivity contribution is 6.31. The van der Waals surface area contributed by atoms with Gasteiger partial charge in [-0.25, -0.2) is 0 Å². The maximum absolute atomic E-state index is 9.17. The Morgan fingerprint density at radius 2 is 2.12 bits per heavy atom. The zero-order valence-corrected chi connectivity index (χ0v) is 10.8. The van der Waals surface area contributed by atoms with Crippen LogP contribution in [-0.4, -0.2) is 36.6 Å². The Kier molecular flexibility index (Phi) is 5.55. The highest BCUT2D eigenvalue weighted by Crippen LogP contribution is 2.32. The highest BCUT2D eigenvalue weighted by atomic mass is 35.5. The Morgan fingerprint density at radius 1 is 1.41 bits per heavy atom. The Morgan fingerprint density at radius 3 is 2.65 bits per heavy atom. The summed E-state index contributed by atoms with van der Waals surface area (Å²) < 4.78 is 5.29. The van der Waals surface area contributed by atoms with E-state index in [4.69, 9.17) is 21.4 Å². The molecule has 17 heavy (non-hydrogen) atoms. The Labute approximate surface area is 106 Å². The third-order valence-electron chi connectivity index (χ3n) is 2.50. The predicted octanol–water partition coefficient (Wildman–Crippen LogP) is 1.81. The summed E-state index contributed by atoms with van der Waals surface area (Å²) in [5.74, 6) is 0.700. The van der Waals surface area contributed by atoms with Crippen LogP contribution < -0.4 is 10.1 Å². The summed E-state index contributed by atoms with van der Waals surface area (Å²) in [6.07, 6.45) is 0.464. The van der Waals surface area contributed by atoms with E-state index in [9.17, 15) is 5.11 Å². The number of aliphatic hydroxyl groups excluding tert-OH is 2. The average Bonchev–Trinajstić information content (AvgIpc) is 2.28. The van der Waals surface area contributed by atoms with Crippen LogP contribution in [0.3, 0.4) is 0 Å². The fourth-order valence-corrected chi connectivity index (χ4v) is 1.97. The summed E-state index contributed by atoms with van der Waals surface area (Å²) in [5.41, 5.74) is 1.65. The lowest BCUT2D eigenvalue weighted by Crippen LogP contribution is -2.25. The Hall–Kier alpha value is -0.970. The largest absolute Gasteiger partial charge is 0.494 e. The van der Waals surface area contributed by atoms with Crippen LogP contribution in [0.15, 0.2) is 12.1 Å². The molecule has 4 nitrogen and oxygen atoms in total. The SMILES string of the molecule is COc1c(C)cc(Cl)cc1NC(CO)CCO. The molecule has 0 radical (unpaired) electrons. The average molecular weight is 260 g/mol. The van der Waals surface area contributed by atoms with Crippen LogP contribution in [0.5, 0.6) is 5.75 Å². The molecule has 1 aromatic rings. The zero-order valence-electron chi connectivity index (χ0n) is 10.0. The minimum absolute atomic E-state index is 0.0140. The number of nitrogens with one attached hydrogen (secondary N) is 1. The molecule has 96 valence electrons. The van der Waals surface area contributed by atoms with Gasteiger partial charge in [0.25, 0.3) is 0 Å². The van der Waals surface area contributed by atoms with E-state index in [1.807, 2.05) is 13.0 Å². The Bertz CT molecular complexity index is 371. The lowest BCUT2D eigenvalue weighted by molar-refractivity contribution is 0.228. The standard InChI is InChI=1S/C12H18ClNO3/c1-8-5-9(13)6-11(12(8)17-2)14-10(7-16)3-4-15/h5-6,10,14-16H,3-4,7H2,1-2H3. The van der Waals surface area contributed by atoms with E-state index >= 15 is 0 Å². The van der Waals surface area contributed by atoms with Crippen LogP contribution >= 0.6 is 11.6 Å². The molecule has 5 heteroatoms. The lowest BCUT2D eigenvalue weighted by atomic mass is 10.1. The predicted molar refractivity (Wildman–Crippen MR) is 68.9 cm³/mol. The first-order valence-corrected chi connectivity index (χ1v) is 5.82. The second kappa shape index (κ2) is 6.69. The van der Waals surface area contributed by atoms with Gasteiger partial charge in [-0.2, -0.15) is 0 Å². The molecular weight excluding hydrogens is 242 g/mol. The van der Waals surface area contributed by atoms with Crippen molar-refractivity contribution in [2.75, 3.05) is 25.6 Å². The second-order valence-corrected chi connectivity index (χ2v) is 4.28. The summed E-state index contributed by atoms with van der Waals surface area (Å²) in [7, 11) is 1.58. The number of benzene rings is 1. The van der Waals surface area contributed by atoms with Crippen molar-refractivity contribution in [3.05, 3.63) is 22.7 Å². The summed E-state index contributed by atoms with van der Waals surface area (Å²) in [6.45, 7) is 1.85. The smallest absolute Gasteiger partial charge is 0.144 e. The number of halogens is 1. The van der Waals surface area contributed by atoms with E-state index in [0.717, 1.165) is 11.3 Å². The number of anilines is 1. The molecule has 3 N–H and O–H groups in total. The molecule has 0 aliphatic rings. The number of hydrogen-bond acceptors (Lipinski definition) is 4. The number of aryl methyl sites for hydroxylation is 1. The van der Waals surface area contributed by atoms with Crippen LogP contribution in [0.4, 0.5) is 5.69 Å². The van der Waals surface area contributed by atoms with Gasteiger partial charge in [0.1, 0.15) is 5.75 Å². The molecule has 0 aromatic heterocycles. The number of ether oxygens (including phenoxy) is 1. The first kappa shape index (κ1) is 14.1. The maximum atomic E-state index is 9.17. The normalized spacial score (nSPS) is 12.3. The zero-order chi connectivity index (χ0) is 12.8. The third-order valence-corrected chi connectivity index (χ3v) is 2.72. The van der Waals surface area contributed by atoms with Crippen LogP contribution in [-0.2, 0) is 0 Å². The van der Waals surface area contributed by atoms with Crippen molar-refractivity contribution in [1.82, 2.24) is 0 Å². The third kappa shape index (κ3) is 3.77. The van der Waals surface area contributed by atoms with E-state index in [1.54, 1.807) is 13.2 Å². The van der Waals surface area contributed by atoms with Gasteiger partial charge in [0.05, 0.1) is 25.4 Å². The van der Waals surface area contributed by atoms with Crippen LogP contribution in [0.2, 0.25) is 5.02 Å². The molecule has 0 heterocycles. The van der Waals surface area contributed by atoms with Gasteiger partial charge in [-0.15, -0.1) is 0 Å². The molecule has 0 spiro atoms. The van der Waals surface area contributed by atoms with Gasteiger partial charge in [-0.1, -0.05) is 11.6 Å². The van der Waals surface area contributed by atoms with E-state index in [0.29, 0.717) is 17.2 Å². The monoisotopic (exact) mass is 259 g/mol. The van der Waals surface area contributed by atoms with E-state index in [1.165, 1.54) is 0 Å². The van der Waals surface area contributed by atoms with Crippen molar-refractivity contribution in [2.45, 2.75) is 19.4 Å². The first-order chi connectivity index (χ1) is 8.12. The molecule has 0 aliphatic carbocycles. The molecule has 1 unspecified atom stereocenters. The number of methoxy groups -OCH3 is 1. The number of aliphatic hydroxyl groups is 2. The van der Waals surface area contributed by atoms with E-state index < -0.39 is 0 Å². The van der Waals surface area contributed by atoms with Crippen molar-refractivity contribution >= 4 is 17.3 Å². The summed E-state index contributed by atoms with van der Waals surface area (Å²) in [5, 5.41) is 21.8. The van der Waals surface area contributed by atoms with Crippen molar-refractivity contribution in [3.8, 4) is 5.75 Å². The Balaban J connectivity index is 2.95.